The molecule has 4 nitrogen and oxygen atoms in total. The van der Waals surface area contributed by atoms with Gasteiger partial charge in [0.05, 0.1) is 12.6 Å². The van der Waals surface area contributed by atoms with Gasteiger partial charge < -0.3 is 10.2 Å². The summed E-state index contributed by atoms with van der Waals surface area (Å²) in [5, 5.41) is 17.1. The van der Waals surface area contributed by atoms with Gasteiger partial charge in [0, 0.05) is 6.54 Å². The molecule has 6 heteroatoms. The summed E-state index contributed by atoms with van der Waals surface area (Å²) in [5.41, 5.74) is 0. The molecule has 1 atom stereocenters. The lowest BCUT2D eigenvalue weighted by Crippen LogP contribution is -2.44. The number of likely N-dealkylation sites (N-methyl/N-ethyl adjacent to an activating group) is 1. The van der Waals surface area contributed by atoms with Crippen LogP contribution in [-0.4, -0.2) is 52.7 Å². The van der Waals surface area contributed by atoms with Crippen LogP contribution in [0.25, 0.3) is 0 Å². The fourth-order valence-electron chi connectivity index (χ4n) is 1.03. The van der Waals surface area contributed by atoms with E-state index in [1.165, 1.54) is 11.8 Å². The van der Waals surface area contributed by atoms with E-state index in [-0.39, 0.29) is 13.1 Å². The van der Waals surface area contributed by atoms with Crippen LogP contribution in [0.5, 0.6) is 0 Å². The molecule has 0 aromatic carbocycles. The number of aliphatic carboxylic acids is 1. The van der Waals surface area contributed by atoms with E-state index in [0.717, 1.165) is 0 Å². The molecule has 0 aromatic rings. The highest BCUT2D eigenvalue weighted by Crippen LogP contribution is 2.15. The third kappa shape index (κ3) is 4.48. The van der Waals surface area contributed by atoms with Crippen LogP contribution in [0.1, 0.15) is 13.8 Å². The molecule has 0 fully saturated rings. The van der Waals surface area contributed by atoms with Gasteiger partial charge in [0.1, 0.15) is 0 Å². The fraction of sp³-hybridized carbons (Fsp3) is 0.875. The van der Waals surface area contributed by atoms with E-state index in [0.29, 0.717) is 0 Å². The molecule has 0 aromatic heterocycles. The lowest BCUT2D eigenvalue weighted by molar-refractivity contribution is -0.167. The number of hydrogen-bond donors (Lipinski definition) is 2. The van der Waals surface area contributed by atoms with E-state index >= 15 is 0 Å². The first-order chi connectivity index (χ1) is 6.29. The number of halogens is 2. The number of alkyl halides is 2. The first kappa shape index (κ1) is 13.2. The Balaban J connectivity index is 4.23. The molecule has 0 heterocycles. The van der Waals surface area contributed by atoms with Gasteiger partial charge in [0.15, 0.2) is 0 Å². The standard InChI is InChI=1S/C8H15F2NO3/c1-3-11(4-6(2)12)5-8(9,10)7(13)14/h6,12H,3-5H2,1-2H3,(H,13,14). The zero-order chi connectivity index (χ0) is 11.4. The Morgan fingerprint density at radius 3 is 2.36 bits per heavy atom. The van der Waals surface area contributed by atoms with Crippen LogP contribution in [0.15, 0.2) is 0 Å². The van der Waals surface area contributed by atoms with Crippen molar-refractivity contribution < 1.29 is 23.8 Å². The topological polar surface area (TPSA) is 60.8 Å². The Labute approximate surface area is 81.1 Å². The number of aliphatic hydroxyl groups excluding tert-OH is 1. The van der Waals surface area contributed by atoms with Gasteiger partial charge >= 0.3 is 11.9 Å². The Hall–Kier alpha value is -0.750. The quantitative estimate of drug-likeness (QED) is 0.668. The summed E-state index contributed by atoms with van der Waals surface area (Å²) in [6.45, 7) is 2.53. The highest BCUT2D eigenvalue weighted by atomic mass is 19.3. The predicted molar refractivity (Wildman–Crippen MR) is 46.4 cm³/mol. The zero-order valence-electron chi connectivity index (χ0n) is 8.20. The van der Waals surface area contributed by atoms with Gasteiger partial charge in [-0.05, 0) is 13.5 Å². The highest BCUT2D eigenvalue weighted by Gasteiger charge is 2.40. The average molecular weight is 211 g/mol. The maximum atomic E-state index is 12.7. The molecular formula is C8H15F2NO3. The summed E-state index contributed by atoms with van der Waals surface area (Å²) in [7, 11) is 0. The maximum absolute atomic E-state index is 12.7. The largest absolute Gasteiger partial charge is 0.477 e. The van der Waals surface area contributed by atoms with Crippen LogP contribution >= 0.6 is 0 Å². The third-order valence-electron chi connectivity index (χ3n) is 1.70. The molecule has 84 valence electrons. The minimum absolute atomic E-state index is 0.0410. The summed E-state index contributed by atoms with van der Waals surface area (Å²) >= 11 is 0. The highest BCUT2D eigenvalue weighted by molar-refractivity contribution is 5.75. The minimum atomic E-state index is -3.76. The second-order valence-corrected chi connectivity index (χ2v) is 3.19. The molecule has 0 spiro atoms. The molecule has 2 N–H and O–H groups in total. The van der Waals surface area contributed by atoms with Crippen molar-refractivity contribution >= 4 is 5.97 Å². The monoisotopic (exact) mass is 211 g/mol. The van der Waals surface area contributed by atoms with Crippen LogP contribution in [0.4, 0.5) is 8.78 Å². The van der Waals surface area contributed by atoms with Crippen molar-refractivity contribution in [2.75, 3.05) is 19.6 Å². The minimum Gasteiger partial charge on any atom is -0.477 e. The van der Waals surface area contributed by atoms with E-state index in [1.807, 2.05) is 0 Å². The van der Waals surface area contributed by atoms with Gasteiger partial charge in [-0.2, -0.15) is 8.78 Å². The summed E-state index contributed by atoms with van der Waals surface area (Å²) in [4.78, 5) is 11.3. The van der Waals surface area contributed by atoms with Crippen molar-refractivity contribution in [2.45, 2.75) is 25.9 Å². The Morgan fingerprint density at radius 1 is 1.57 bits per heavy atom. The first-order valence-electron chi connectivity index (χ1n) is 4.31. The summed E-state index contributed by atoms with van der Waals surface area (Å²) in [5.74, 6) is -5.90. The molecule has 0 radical (unpaired) electrons. The number of nitrogens with zero attached hydrogens (tertiary/aromatic N) is 1. The van der Waals surface area contributed by atoms with Crippen molar-refractivity contribution in [1.82, 2.24) is 4.90 Å². The molecule has 14 heavy (non-hydrogen) atoms. The average Bonchev–Trinajstić information content (AvgIpc) is 2.01. The molecule has 0 saturated carbocycles. The van der Waals surface area contributed by atoms with E-state index in [2.05, 4.69) is 0 Å². The Bertz CT molecular complexity index is 197. The molecule has 0 amide bonds. The van der Waals surface area contributed by atoms with E-state index in [4.69, 9.17) is 10.2 Å². The number of carboxylic acids is 1. The zero-order valence-corrected chi connectivity index (χ0v) is 8.20. The van der Waals surface area contributed by atoms with Crippen LogP contribution in [-0.2, 0) is 4.79 Å². The van der Waals surface area contributed by atoms with Gasteiger partial charge in [0.25, 0.3) is 0 Å². The molecule has 0 rings (SSSR count). The van der Waals surface area contributed by atoms with E-state index in [1.54, 1.807) is 6.92 Å². The van der Waals surface area contributed by atoms with Crippen LogP contribution in [0, 0.1) is 0 Å². The van der Waals surface area contributed by atoms with Crippen molar-refractivity contribution in [3.63, 3.8) is 0 Å². The van der Waals surface area contributed by atoms with Crippen LogP contribution in [0.3, 0.4) is 0 Å². The van der Waals surface area contributed by atoms with Crippen molar-refractivity contribution in [2.24, 2.45) is 0 Å². The SMILES string of the molecule is CCN(CC(C)O)CC(F)(F)C(=O)O. The molecular weight excluding hydrogens is 196 g/mol. The van der Waals surface area contributed by atoms with E-state index < -0.39 is 24.5 Å². The molecule has 0 bridgehead atoms. The van der Waals surface area contributed by atoms with E-state index in [9.17, 15) is 13.6 Å². The number of hydrogen-bond acceptors (Lipinski definition) is 3. The fourth-order valence-corrected chi connectivity index (χ4v) is 1.03. The molecule has 1 unspecified atom stereocenters. The number of carboxylic acid groups (broad SMARTS) is 1. The Kier molecular flexibility index (Phi) is 4.93. The van der Waals surface area contributed by atoms with Gasteiger partial charge in [-0.25, -0.2) is 4.79 Å². The second kappa shape index (κ2) is 5.21. The smallest absolute Gasteiger partial charge is 0.375 e. The van der Waals surface area contributed by atoms with Gasteiger partial charge in [-0.3, -0.25) is 4.90 Å². The Morgan fingerprint density at radius 2 is 2.07 bits per heavy atom. The second-order valence-electron chi connectivity index (χ2n) is 3.19. The summed E-state index contributed by atoms with van der Waals surface area (Å²) in [6.07, 6.45) is -0.750. The van der Waals surface area contributed by atoms with Gasteiger partial charge in [-0.1, -0.05) is 6.92 Å². The molecule has 0 aliphatic rings. The van der Waals surface area contributed by atoms with Crippen molar-refractivity contribution in [3.05, 3.63) is 0 Å². The molecule has 0 saturated heterocycles. The summed E-state index contributed by atoms with van der Waals surface area (Å²) in [6, 6.07) is 0. The lowest BCUT2D eigenvalue weighted by atomic mass is 10.3. The molecule has 0 aliphatic carbocycles. The number of rotatable bonds is 6. The normalized spacial score (nSPS) is 14.4. The van der Waals surface area contributed by atoms with Crippen LogP contribution < -0.4 is 0 Å². The first-order valence-corrected chi connectivity index (χ1v) is 4.31. The summed E-state index contributed by atoms with van der Waals surface area (Å²) < 4.78 is 25.4. The lowest BCUT2D eigenvalue weighted by Gasteiger charge is -2.24. The maximum Gasteiger partial charge on any atom is 0.375 e. The van der Waals surface area contributed by atoms with Crippen LogP contribution in [0.2, 0.25) is 0 Å². The third-order valence-corrected chi connectivity index (χ3v) is 1.70. The van der Waals surface area contributed by atoms with Gasteiger partial charge in [0.2, 0.25) is 0 Å². The van der Waals surface area contributed by atoms with Crippen molar-refractivity contribution in [3.8, 4) is 0 Å². The predicted octanol–water partition coefficient (Wildman–Crippen LogP) is 0.409. The van der Waals surface area contributed by atoms with Gasteiger partial charge in [-0.15, -0.1) is 0 Å². The molecule has 0 aliphatic heterocycles. The number of aliphatic hydroxyl groups is 1. The number of carbonyl (C=O) groups is 1. The van der Waals surface area contributed by atoms with Crippen molar-refractivity contribution in [1.29, 1.82) is 0 Å².